The summed E-state index contributed by atoms with van der Waals surface area (Å²) < 4.78 is 0. The molecule has 78 valence electrons. The molecule has 0 aliphatic carbocycles. The zero-order valence-electron chi connectivity index (χ0n) is 9.31. The molecule has 0 heterocycles. The minimum atomic E-state index is 1.18. The maximum absolute atomic E-state index is 3.18. The van der Waals surface area contributed by atoms with Crippen LogP contribution in [0.3, 0.4) is 0 Å². The van der Waals surface area contributed by atoms with Gasteiger partial charge in [-0.1, -0.05) is 38.3 Å². The van der Waals surface area contributed by atoms with Gasteiger partial charge in [-0.15, -0.1) is 0 Å². The lowest BCUT2D eigenvalue weighted by atomic mass is 10.1. The Morgan fingerprint density at radius 2 is 1.62 bits per heavy atom. The number of rotatable bonds is 9. The minimum absolute atomic E-state index is 1.18. The highest BCUT2D eigenvalue weighted by atomic mass is 14.8. The largest absolute Gasteiger partial charge is 0.320 e. The van der Waals surface area contributed by atoms with E-state index >= 15 is 0 Å². The molecule has 0 aromatic rings. The van der Waals surface area contributed by atoms with Crippen molar-refractivity contribution in [3.63, 3.8) is 0 Å². The van der Waals surface area contributed by atoms with Crippen LogP contribution >= 0.6 is 0 Å². The van der Waals surface area contributed by atoms with Crippen LogP contribution in [0.25, 0.3) is 0 Å². The zero-order valence-corrected chi connectivity index (χ0v) is 9.31. The van der Waals surface area contributed by atoms with Gasteiger partial charge in [0.2, 0.25) is 0 Å². The van der Waals surface area contributed by atoms with Crippen molar-refractivity contribution in [3.8, 4) is 0 Å². The predicted octanol–water partition coefficient (Wildman–Crippen LogP) is 3.51. The Hall–Kier alpha value is -0.300. The summed E-state index contributed by atoms with van der Waals surface area (Å²) in [4.78, 5) is 0. The van der Waals surface area contributed by atoms with Gasteiger partial charge in [0, 0.05) is 0 Å². The first-order valence-corrected chi connectivity index (χ1v) is 5.71. The summed E-state index contributed by atoms with van der Waals surface area (Å²) >= 11 is 0. The Balaban J connectivity index is 2.87. The van der Waals surface area contributed by atoms with Gasteiger partial charge in [0.25, 0.3) is 0 Å². The summed E-state index contributed by atoms with van der Waals surface area (Å²) in [7, 11) is 2.02. The van der Waals surface area contributed by atoms with E-state index in [9.17, 15) is 0 Å². The second kappa shape index (κ2) is 11.7. The lowest BCUT2D eigenvalue weighted by molar-refractivity contribution is 0.600. The van der Waals surface area contributed by atoms with E-state index in [4.69, 9.17) is 0 Å². The molecule has 0 fully saturated rings. The number of nitrogens with one attached hydrogen (secondary N) is 1. The summed E-state index contributed by atoms with van der Waals surface area (Å²) in [5.74, 6) is 0. The standard InChI is InChI=1S/C12H25N/c1-3-4-5-6-7-8-9-10-11-12-13-2/h4-5,13H,3,6-12H2,1-2H3/b5-4-. The molecule has 0 aliphatic heterocycles. The lowest BCUT2D eigenvalue weighted by Crippen LogP contribution is -2.06. The van der Waals surface area contributed by atoms with Crippen LogP contribution in [0, 0.1) is 0 Å². The zero-order chi connectivity index (χ0) is 9.78. The molecule has 0 aromatic heterocycles. The third-order valence-electron chi connectivity index (χ3n) is 2.20. The fourth-order valence-electron chi connectivity index (χ4n) is 1.38. The minimum Gasteiger partial charge on any atom is -0.320 e. The van der Waals surface area contributed by atoms with Crippen LogP contribution in [0.5, 0.6) is 0 Å². The molecule has 0 bridgehead atoms. The number of hydrogen-bond donors (Lipinski definition) is 1. The molecule has 0 aliphatic rings. The van der Waals surface area contributed by atoms with Crippen LogP contribution in [-0.2, 0) is 0 Å². The second-order valence-corrected chi connectivity index (χ2v) is 3.54. The van der Waals surface area contributed by atoms with Crippen LogP contribution in [0.1, 0.15) is 51.9 Å². The molecule has 0 rings (SSSR count). The van der Waals surface area contributed by atoms with Crippen molar-refractivity contribution < 1.29 is 0 Å². The van der Waals surface area contributed by atoms with E-state index in [1.54, 1.807) is 0 Å². The Bertz CT molecular complexity index is 108. The van der Waals surface area contributed by atoms with Gasteiger partial charge in [-0.05, 0) is 39.3 Å². The van der Waals surface area contributed by atoms with E-state index in [-0.39, 0.29) is 0 Å². The first kappa shape index (κ1) is 12.7. The molecule has 0 saturated carbocycles. The smallest absolute Gasteiger partial charge is 0.00519 e. The molecule has 0 radical (unpaired) electrons. The number of unbranched alkanes of at least 4 members (excludes halogenated alkanes) is 5. The van der Waals surface area contributed by atoms with Crippen LogP contribution in [0.4, 0.5) is 0 Å². The van der Waals surface area contributed by atoms with Gasteiger partial charge in [0.05, 0.1) is 0 Å². The quantitative estimate of drug-likeness (QED) is 0.426. The Labute approximate surface area is 83.6 Å². The molecule has 0 spiro atoms. The summed E-state index contributed by atoms with van der Waals surface area (Å²) in [6, 6.07) is 0. The van der Waals surface area contributed by atoms with Crippen LogP contribution in [-0.4, -0.2) is 13.6 Å². The maximum atomic E-state index is 3.18. The predicted molar refractivity (Wildman–Crippen MR) is 61.1 cm³/mol. The molecular weight excluding hydrogens is 158 g/mol. The number of hydrogen-bond acceptors (Lipinski definition) is 1. The van der Waals surface area contributed by atoms with Crippen molar-refractivity contribution in [2.45, 2.75) is 51.9 Å². The molecule has 1 heteroatoms. The molecule has 0 saturated heterocycles. The van der Waals surface area contributed by atoms with E-state index < -0.39 is 0 Å². The van der Waals surface area contributed by atoms with Gasteiger partial charge < -0.3 is 5.32 Å². The highest BCUT2D eigenvalue weighted by Crippen LogP contribution is 2.05. The maximum Gasteiger partial charge on any atom is -0.00519 e. The van der Waals surface area contributed by atoms with Gasteiger partial charge in [-0.25, -0.2) is 0 Å². The Morgan fingerprint density at radius 1 is 0.923 bits per heavy atom. The number of allylic oxidation sites excluding steroid dienone is 2. The van der Waals surface area contributed by atoms with Crippen LogP contribution in [0.2, 0.25) is 0 Å². The highest BCUT2D eigenvalue weighted by Gasteiger charge is 1.88. The molecule has 0 aromatic carbocycles. The molecule has 0 atom stereocenters. The van der Waals surface area contributed by atoms with Crippen molar-refractivity contribution in [2.24, 2.45) is 0 Å². The van der Waals surface area contributed by atoms with Gasteiger partial charge in [0.1, 0.15) is 0 Å². The van der Waals surface area contributed by atoms with E-state index in [1.807, 2.05) is 7.05 Å². The van der Waals surface area contributed by atoms with Crippen LogP contribution < -0.4 is 5.32 Å². The fraction of sp³-hybridized carbons (Fsp3) is 0.833. The summed E-state index contributed by atoms with van der Waals surface area (Å²) in [6.07, 6.45) is 13.9. The Morgan fingerprint density at radius 3 is 2.31 bits per heavy atom. The van der Waals surface area contributed by atoms with Crippen molar-refractivity contribution in [1.82, 2.24) is 5.32 Å². The Kier molecular flexibility index (Phi) is 11.4. The fourth-order valence-corrected chi connectivity index (χ4v) is 1.38. The summed E-state index contributed by atoms with van der Waals surface area (Å²) in [6.45, 7) is 3.37. The van der Waals surface area contributed by atoms with Gasteiger partial charge in [-0.2, -0.15) is 0 Å². The second-order valence-electron chi connectivity index (χ2n) is 3.54. The summed E-state index contributed by atoms with van der Waals surface area (Å²) in [5.41, 5.74) is 0. The van der Waals surface area contributed by atoms with Gasteiger partial charge in [0.15, 0.2) is 0 Å². The molecule has 1 nitrogen and oxygen atoms in total. The average molecular weight is 183 g/mol. The molecule has 0 amide bonds. The first-order chi connectivity index (χ1) is 6.41. The van der Waals surface area contributed by atoms with Crippen LogP contribution in [0.15, 0.2) is 12.2 Å². The van der Waals surface area contributed by atoms with E-state index in [2.05, 4.69) is 24.4 Å². The highest BCUT2D eigenvalue weighted by molar-refractivity contribution is 4.79. The van der Waals surface area contributed by atoms with Crippen molar-refractivity contribution >= 4 is 0 Å². The van der Waals surface area contributed by atoms with Crippen molar-refractivity contribution in [1.29, 1.82) is 0 Å². The summed E-state index contributed by atoms with van der Waals surface area (Å²) in [5, 5.41) is 3.18. The third-order valence-corrected chi connectivity index (χ3v) is 2.20. The normalized spacial score (nSPS) is 11.2. The first-order valence-electron chi connectivity index (χ1n) is 5.71. The van der Waals surface area contributed by atoms with Crippen molar-refractivity contribution in [3.05, 3.63) is 12.2 Å². The third kappa shape index (κ3) is 11.7. The van der Waals surface area contributed by atoms with Gasteiger partial charge >= 0.3 is 0 Å². The molecular formula is C12H25N. The van der Waals surface area contributed by atoms with E-state index in [1.165, 1.54) is 51.5 Å². The average Bonchev–Trinajstić information content (AvgIpc) is 2.16. The van der Waals surface area contributed by atoms with Crippen molar-refractivity contribution in [2.75, 3.05) is 13.6 Å². The topological polar surface area (TPSA) is 12.0 Å². The molecule has 1 N–H and O–H groups in total. The molecule has 13 heavy (non-hydrogen) atoms. The lowest BCUT2D eigenvalue weighted by Gasteiger charge is -1.99. The van der Waals surface area contributed by atoms with E-state index in [0.717, 1.165) is 0 Å². The van der Waals surface area contributed by atoms with E-state index in [0.29, 0.717) is 0 Å². The monoisotopic (exact) mass is 183 g/mol. The van der Waals surface area contributed by atoms with Gasteiger partial charge in [-0.3, -0.25) is 0 Å². The molecule has 0 unspecified atom stereocenters. The SMILES string of the molecule is CC/C=C\CCCCCCCNC.